The van der Waals surface area contributed by atoms with Crippen LogP contribution in [0.4, 0.5) is 5.69 Å². The van der Waals surface area contributed by atoms with Gasteiger partial charge in [-0.05, 0) is 38.4 Å². The first-order valence-corrected chi connectivity index (χ1v) is 10.7. The van der Waals surface area contributed by atoms with E-state index in [4.69, 9.17) is 0 Å². The summed E-state index contributed by atoms with van der Waals surface area (Å²) in [7, 11) is 4.00. The van der Waals surface area contributed by atoms with Crippen molar-refractivity contribution in [2.45, 2.75) is 26.7 Å². The van der Waals surface area contributed by atoms with Crippen molar-refractivity contribution in [2.75, 3.05) is 46.8 Å². The molecule has 1 aromatic rings. The Hall–Kier alpha value is -3.01. The van der Waals surface area contributed by atoms with Gasteiger partial charge >= 0.3 is 0 Å². The Bertz CT molecular complexity index is 847. The maximum absolute atomic E-state index is 12.5. The number of piperidine rings is 1. The molecular formula is C22H33N5O5. The molecule has 0 saturated carbocycles. The summed E-state index contributed by atoms with van der Waals surface area (Å²) in [5.41, 5.74) is -0.0956. The number of benzene rings is 1. The summed E-state index contributed by atoms with van der Waals surface area (Å²) in [6, 6.07) is 5.35. The second-order valence-corrected chi connectivity index (χ2v) is 9.26. The molecule has 0 bridgehead atoms. The number of carbonyl (C=O) groups is 3. The smallest absolute Gasteiger partial charge is 0.270 e. The molecule has 0 aliphatic carbocycles. The van der Waals surface area contributed by atoms with Gasteiger partial charge in [0.05, 0.1) is 11.5 Å². The Morgan fingerprint density at radius 1 is 1.19 bits per heavy atom. The lowest BCUT2D eigenvalue weighted by molar-refractivity contribution is -0.384. The average molecular weight is 448 g/mol. The second kappa shape index (κ2) is 11.0. The number of hydrogen-bond donors (Lipinski definition) is 2. The first kappa shape index (κ1) is 25.3. The van der Waals surface area contributed by atoms with Crippen molar-refractivity contribution in [2.24, 2.45) is 11.3 Å². The highest BCUT2D eigenvalue weighted by molar-refractivity contribution is 5.97. The van der Waals surface area contributed by atoms with Crippen molar-refractivity contribution in [3.05, 3.63) is 39.9 Å². The van der Waals surface area contributed by atoms with Gasteiger partial charge in [-0.25, -0.2) is 0 Å². The minimum Gasteiger partial charge on any atom is -0.355 e. The second-order valence-electron chi connectivity index (χ2n) is 9.26. The van der Waals surface area contributed by atoms with Crippen molar-refractivity contribution < 1.29 is 19.3 Å². The van der Waals surface area contributed by atoms with Crippen LogP contribution in [0.2, 0.25) is 0 Å². The van der Waals surface area contributed by atoms with E-state index in [0.717, 1.165) is 6.54 Å². The molecule has 1 aliphatic rings. The van der Waals surface area contributed by atoms with Crippen LogP contribution in [0.1, 0.15) is 37.0 Å². The molecule has 1 saturated heterocycles. The molecule has 176 valence electrons. The van der Waals surface area contributed by atoms with E-state index in [1.807, 2.05) is 14.1 Å². The van der Waals surface area contributed by atoms with Crippen LogP contribution in [-0.4, -0.2) is 79.3 Å². The maximum atomic E-state index is 12.5. The van der Waals surface area contributed by atoms with Gasteiger partial charge in [0.1, 0.15) is 0 Å². The summed E-state index contributed by atoms with van der Waals surface area (Å²) < 4.78 is 0. The average Bonchev–Trinajstić information content (AvgIpc) is 2.75. The van der Waals surface area contributed by atoms with E-state index in [2.05, 4.69) is 29.4 Å². The fourth-order valence-electron chi connectivity index (χ4n) is 3.90. The quantitative estimate of drug-likeness (QED) is 0.434. The highest BCUT2D eigenvalue weighted by atomic mass is 16.6. The van der Waals surface area contributed by atoms with E-state index >= 15 is 0 Å². The molecule has 10 nitrogen and oxygen atoms in total. The van der Waals surface area contributed by atoms with Gasteiger partial charge in [0.25, 0.3) is 11.6 Å². The summed E-state index contributed by atoms with van der Waals surface area (Å²) in [5, 5.41) is 16.4. The molecule has 10 heteroatoms. The molecule has 2 rings (SSSR count). The third-order valence-electron chi connectivity index (χ3n) is 5.42. The Morgan fingerprint density at radius 3 is 2.44 bits per heavy atom. The molecule has 1 aromatic carbocycles. The van der Waals surface area contributed by atoms with Crippen molar-refractivity contribution in [1.29, 1.82) is 0 Å². The minimum absolute atomic E-state index is 0.0166. The first-order valence-electron chi connectivity index (χ1n) is 10.7. The standard InChI is InChI=1S/C22H33N5O5/c1-22(2,15-25(3)4)14-24-20(29)16-8-10-26(11-9-16)19(28)13-23-21(30)17-6-5-7-18(12-17)27(31)32/h5-7,12,16H,8-11,13-15H2,1-4H3,(H,23,30)(H,24,29). The molecule has 0 spiro atoms. The summed E-state index contributed by atoms with van der Waals surface area (Å²) in [6.45, 7) is 6.37. The summed E-state index contributed by atoms with van der Waals surface area (Å²) in [4.78, 5) is 51.2. The fraction of sp³-hybridized carbons (Fsp3) is 0.591. The Balaban J connectivity index is 1.76. The Labute approximate surface area is 188 Å². The molecule has 0 radical (unpaired) electrons. The van der Waals surface area contributed by atoms with E-state index in [-0.39, 0.29) is 40.9 Å². The van der Waals surface area contributed by atoms with Crippen LogP contribution in [0.15, 0.2) is 24.3 Å². The molecule has 32 heavy (non-hydrogen) atoms. The van der Waals surface area contributed by atoms with Gasteiger partial charge in [0.15, 0.2) is 0 Å². The van der Waals surface area contributed by atoms with Gasteiger partial charge in [-0.3, -0.25) is 24.5 Å². The fourth-order valence-corrected chi connectivity index (χ4v) is 3.90. The highest BCUT2D eigenvalue weighted by Crippen LogP contribution is 2.19. The van der Waals surface area contributed by atoms with Crippen LogP contribution in [0.25, 0.3) is 0 Å². The Kier molecular flexibility index (Phi) is 8.71. The van der Waals surface area contributed by atoms with E-state index in [1.165, 1.54) is 24.3 Å². The SMILES string of the molecule is CN(C)CC(C)(C)CNC(=O)C1CCN(C(=O)CNC(=O)c2cccc([N+](=O)[O-])c2)CC1. The number of carbonyl (C=O) groups excluding carboxylic acids is 3. The number of hydrogen-bond acceptors (Lipinski definition) is 6. The normalized spacial score (nSPS) is 14.8. The van der Waals surface area contributed by atoms with Gasteiger partial charge in [-0.1, -0.05) is 19.9 Å². The van der Waals surface area contributed by atoms with Gasteiger partial charge in [0.2, 0.25) is 11.8 Å². The zero-order valence-corrected chi connectivity index (χ0v) is 19.2. The highest BCUT2D eigenvalue weighted by Gasteiger charge is 2.29. The predicted molar refractivity (Wildman–Crippen MR) is 120 cm³/mol. The van der Waals surface area contributed by atoms with Gasteiger partial charge in [0, 0.05) is 49.8 Å². The zero-order valence-electron chi connectivity index (χ0n) is 19.2. The molecule has 1 heterocycles. The molecule has 1 fully saturated rings. The summed E-state index contributed by atoms with van der Waals surface area (Å²) >= 11 is 0. The van der Waals surface area contributed by atoms with Crippen LogP contribution >= 0.6 is 0 Å². The number of rotatable bonds is 9. The zero-order chi connectivity index (χ0) is 23.9. The van der Waals surface area contributed by atoms with Crippen molar-refractivity contribution in [3.63, 3.8) is 0 Å². The van der Waals surface area contributed by atoms with E-state index in [9.17, 15) is 24.5 Å². The molecule has 0 atom stereocenters. The lowest BCUT2D eigenvalue weighted by Gasteiger charge is -2.33. The number of nitro benzene ring substituents is 1. The van der Waals surface area contributed by atoms with Gasteiger partial charge in [-0.2, -0.15) is 0 Å². The molecule has 0 aromatic heterocycles. The van der Waals surface area contributed by atoms with Crippen LogP contribution in [0.3, 0.4) is 0 Å². The largest absolute Gasteiger partial charge is 0.355 e. The third kappa shape index (κ3) is 7.60. The topological polar surface area (TPSA) is 125 Å². The maximum Gasteiger partial charge on any atom is 0.270 e. The van der Waals surface area contributed by atoms with Gasteiger partial charge < -0.3 is 20.4 Å². The molecule has 1 aliphatic heterocycles. The molecule has 2 N–H and O–H groups in total. The summed E-state index contributed by atoms with van der Waals surface area (Å²) in [6.07, 6.45) is 1.15. The third-order valence-corrected chi connectivity index (χ3v) is 5.42. The van der Waals surface area contributed by atoms with Crippen molar-refractivity contribution in [1.82, 2.24) is 20.4 Å². The first-order chi connectivity index (χ1) is 15.0. The van der Waals surface area contributed by atoms with Crippen molar-refractivity contribution in [3.8, 4) is 0 Å². The molecule has 0 unspecified atom stereocenters. The monoisotopic (exact) mass is 447 g/mol. The number of likely N-dealkylation sites (tertiary alicyclic amines) is 1. The lowest BCUT2D eigenvalue weighted by Crippen LogP contribution is -2.47. The molecular weight excluding hydrogens is 414 g/mol. The van der Waals surface area contributed by atoms with Gasteiger partial charge in [-0.15, -0.1) is 0 Å². The summed E-state index contributed by atoms with van der Waals surface area (Å²) in [5.74, 6) is -0.900. The predicted octanol–water partition coefficient (Wildman–Crippen LogP) is 1.27. The Morgan fingerprint density at radius 2 is 1.84 bits per heavy atom. The van der Waals surface area contributed by atoms with Crippen molar-refractivity contribution >= 4 is 23.4 Å². The van der Waals surface area contributed by atoms with Crippen LogP contribution < -0.4 is 10.6 Å². The van der Waals surface area contributed by atoms with E-state index in [1.54, 1.807) is 4.90 Å². The van der Waals surface area contributed by atoms with E-state index in [0.29, 0.717) is 32.5 Å². The van der Waals surface area contributed by atoms with E-state index < -0.39 is 10.8 Å². The molecule has 3 amide bonds. The lowest BCUT2D eigenvalue weighted by atomic mass is 9.91. The number of non-ortho nitro benzene ring substituents is 1. The minimum atomic E-state index is -0.578. The number of nitrogens with one attached hydrogen (secondary N) is 2. The number of nitrogens with zero attached hydrogens (tertiary/aromatic N) is 3. The van der Waals surface area contributed by atoms with Crippen LogP contribution in [0.5, 0.6) is 0 Å². The number of amides is 3. The number of nitro groups is 1. The van der Waals surface area contributed by atoms with Crippen LogP contribution in [0, 0.1) is 21.4 Å². The van der Waals surface area contributed by atoms with Crippen LogP contribution in [-0.2, 0) is 9.59 Å².